The van der Waals surface area contributed by atoms with Gasteiger partial charge in [-0.05, 0) is 45.7 Å². The summed E-state index contributed by atoms with van der Waals surface area (Å²) < 4.78 is 16.4. The number of nitrogens with one attached hydrogen (secondary N) is 3. The van der Waals surface area contributed by atoms with E-state index in [2.05, 4.69) is 25.2 Å². The van der Waals surface area contributed by atoms with Crippen molar-refractivity contribution in [3.63, 3.8) is 0 Å². The van der Waals surface area contributed by atoms with Gasteiger partial charge in [-0.25, -0.2) is 18.9 Å². The molecule has 0 radical (unpaired) electrons. The van der Waals surface area contributed by atoms with Crippen LogP contribution in [-0.4, -0.2) is 41.6 Å². The van der Waals surface area contributed by atoms with Crippen molar-refractivity contribution in [3.05, 3.63) is 41.7 Å². The van der Waals surface area contributed by atoms with Crippen molar-refractivity contribution in [3.8, 4) is 10.7 Å². The number of rotatable bonds is 8. The predicted octanol–water partition coefficient (Wildman–Crippen LogP) is 3.97. The lowest BCUT2D eigenvalue weighted by atomic mass is 10.1. The maximum atomic E-state index is 12.6. The highest BCUT2D eigenvalue weighted by Crippen LogP contribution is 2.39. The van der Waals surface area contributed by atoms with Crippen molar-refractivity contribution < 1.29 is 9.32 Å². The average molecular weight is 459 g/mol. The minimum absolute atomic E-state index is 0.0731. The van der Waals surface area contributed by atoms with E-state index < -0.39 is 11.0 Å². The quantitative estimate of drug-likeness (QED) is 0.406. The molecule has 0 spiro atoms. The number of hydrogen-bond acceptors (Lipinski definition) is 7. The van der Waals surface area contributed by atoms with Crippen molar-refractivity contribution in [2.45, 2.75) is 49.3 Å². The van der Waals surface area contributed by atoms with Crippen LogP contribution in [-0.2, 0) is 11.0 Å². The molecule has 0 saturated heterocycles. The zero-order chi connectivity index (χ0) is 22.0. The Morgan fingerprint density at radius 2 is 2.16 bits per heavy atom. The lowest BCUT2D eigenvalue weighted by molar-refractivity contribution is 0.343. The fourth-order valence-electron chi connectivity index (χ4n) is 2.91. The third-order valence-corrected chi connectivity index (χ3v) is 7.34. The van der Waals surface area contributed by atoms with Crippen molar-refractivity contribution in [1.82, 2.24) is 24.9 Å². The van der Waals surface area contributed by atoms with Crippen LogP contribution in [0.5, 0.6) is 0 Å². The van der Waals surface area contributed by atoms with Crippen LogP contribution in [0.2, 0.25) is 0 Å². The zero-order valence-electron chi connectivity index (χ0n) is 17.7. The Bertz CT molecular complexity index is 1110. The summed E-state index contributed by atoms with van der Waals surface area (Å²) in [6, 6.07) is 5.72. The smallest absolute Gasteiger partial charge is 0.171 e. The van der Waals surface area contributed by atoms with E-state index in [0.717, 1.165) is 16.1 Å². The molecule has 1 atom stereocenters. The fourth-order valence-corrected chi connectivity index (χ4v) is 5.13. The van der Waals surface area contributed by atoms with Crippen LogP contribution < -0.4 is 10.0 Å². The highest BCUT2D eigenvalue weighted by molar-refractivity contribution is 7.85. The number of H-pyrrole nitrogens is 1. The molecule has 3 aromatic rings. The molecule has 1 aliphatic rings. The summed E-state index contributed by atoms with van der Waals surface area (Å²) in [5.41, 5.74) is 1.61. The zero-order valence-corrected chi connectivity index (χ0v) is 19.3. The number of aliphatic hydroxyl groups is 1. The average Bonchev–Trinajstić information content (AvgIpc) is 3.25. The molecule has 4 rings (SSSR count). The number of nitrogens with zero attached hydrogens (tertiary/aromatic N) is 3. The summed E-state index contributed by atoms with van der Waals surface area (Å²) in [6.45, 7) is 5.85. The number of aliphatic hydroxyl groups excluding tert-OH is 1. The van der Waals surface area contributed by atoms with Crippen molar-refractivity contribution in [2.75, 3.05) is 11.9 Å². The van der Waals surface area contributed by atoms with E-state index in [1.54, 1.807) is 18.3 Å². The second-order valence-electron chi connectivity index (χ2n) is 8.43. The van der Waals surface area contributed by atoms with Crippen LogP contribution in [0, 0.1) is 0 Å². The van der Waals surface area contributed by atoms with E-state index >= 15 is 0 Å². The van der Waals surface area contributed by atoms with E-state index in [9.17, 15) is 4.21 Å². The second-order valence-corrected chi connectivity index (χ2v) is 11.0. The summed E-state index contributed by atoms with van der Waals surface area (Å²) in [6.07, 6.45) is 7.48. The summed E-state index contributed by atoms with van der Waals surface area (Å²) in [7, 11) is -1.30. The maximum Gasteiger partial charge on any atom is 0.171 e. The molecule has 164 valence electrons. The van der Waals surface area contributed by atoms with Gasteiger partial charge in [0.05, 0.1) is 11.5 Å². The number of aromatic nitrogens is 4. The Balaban J connectivity index is 1.60. The second kappa shape index (κ2) is 8.99. The van der Waals surface area contributed by atoms with Gasteiger partial charge in [-0.3, -0.25) is 5.10 Å². The molecule has 31 heavy (non-hydrogen) atoms. The van der Waals surface area contributed by atoms with Crippen molar-refractivity contribution in [2.24, 2.45) is 0 Å². The minimum Gasteiger partial charge on any atom is -0.392 e. The van der Waals surface area contributed by atoms with Gasteiger partial charge < -0.3 is 10.4 Å². The van der Waals surface area contributed by atoms with E-state index in [4.69, 9.17) is 10.1 Å². The molecule has 10 heteroatoms. The van der Waals surface area contributed by atoms with Gasteiger partial charge in [-0.1, -0.05) is 12.2 Å². The number of aromatic amines is 1. The Hall–Kier alpha value is -2.40. The SMILES string of the molecule is CC(C)(C)NS(=O)c1ccc(-c2ncc(/C=C/CO)c(Nc3cc(C4CC4)[nH]n3)n2)s1. The summed E-state index contributed by atoms with van der Waals surface area (Å²) >= 11 is 1.39. The molecule has 0 aliphatic heterocycles. The van der Waals surface area contributed by atoms with E-state index in [1.165, 1.54) is 24.2 Å². The molecule has 0 bridgehead atoms. The Kier molecular flexibility index (Phi) is 6.33. The molecule has 1 saturated carbocycles. The van der Waals surface area contributed by atoms with Crippen LogP contribution in [0.25, 0.3) is 16.8 Å². The van der Waals surface area contributed by atoms with Crippen LogP contribution >= 0.6 is 11.3 Å². The van der Waals surface area contributed by atoms with Gasteiger partial charge in [0.25, 0.3) is 0 Å². The van der Waals surface area contributed by atoms with Crippen LogP contribution in [0.1, 0.15) is 50.8 Å². The van der Waals surface area contributed by atoms with Crippen LogP contribution in [0.4, 0.5) is 11.6 Å². The molecular weight excluding hydrogens is 432 g/mol. The molecule has 8 nitrogen and oxygen atoms in total. The standard InChI is InChI=1S/C21H26N6O2S2/c1-21(2,3)27-31(29)18-9-8-16(30-18)20-22-12-14(5-4-10-28)19(24-20)23-17-11-15(25-26-17)13-6-7-13/h4-5,8-9,11-13,27-28H,6-7,10H2,1-3H3,(H2,22,23,24,25,26)/b5-4+. The van der Waals surface area contributed by atoms with Gasteiger partial charge in [0.2, 0.25) is 0 Å². The predicted molar refractivity (Wildman–Crippen MR) is 125 cm³/mol. The largest absolute Gasteiger partial charge is 0.392 e. The molecule has 4 N–H and O–H groups in total. The monoisotopic (exact) mass is 458 g/mol. The lowest BCUT2D eigenvalue weighted by Crippen LogP contribution is -2.36. The van der Waals surface area contributed by atoms with Gasteiger partial charge >= 0.3 is 0 Å². The van der Waals surface area contributed by atoms with Crippen molar-refractivity contribution >= 4 is 40.0 Å². The lowest BCUT2D eigenvalue weighted by Gasteiger charge is -2.18. The number of thiophene rings is 1. The highest BCUT2D eigenvalue weighted by Gasteiger charge is 2.25. The van der Waals surface area contributed by atoms with Crippen molar-refractivity contribution in [1.29, 1.82) is 0 Å². The minimum atomic E-state index is -1.30. The first-order valence-corrected chi connectivity index (χ1v) is 12.1. The molecule has 1 unspecified atom stereocenters. The normalized spacial score (nSPS) is 15.5. The van der Waals surface area contributed by atoms with Gasteiger partial charge in [-0.15, -0.1) is 11.3 Å². The van der Waals surface area contributed by atoms with Gasteiger partial charge in [0, 0.05) is 35.0 Å². The first kappa shape index (κ1) is 21.8. The molecule has 0 amide bonds. The summed E-state index contributed by atoms with van der Waals surface area (Å²) in [5.74, 6) is 2.38. The van der Waals surface area contributed by atoms with Crippen LogP contribution in [0.3, 0.4) is 0 Å². The molecule has 3 aromatic heterocycles. The Morgan fingerprint density at radius 3 is 2.87 bits per heavy atom. The van der Waals surface area contributed by atoms with E-state index in [-0.39, 0.29) is 12.1 Å². The number of hydrogen-bond donors (Lipinski definition) is 4. The third-order valence-electron chi connectivity index (χ3n) is 4.46. The van der Waals surface area contributed by atoms with Gasteiger partial charge in [0.1, 0.15) is 21.0 Å². The molecule has 1 fully saturated rings. The van der Waals surface area contributed by atoms with Gasteiger partial charge in [-0.2, -0.15) is 5.10 Å². The Morgan fingerprint density at radius 1 is 1.35 bits per heavy atom. The molecular formula is C21H26N6O2S2. The van der Waals surface area contributed by atoms with E-state index in [0.29, 0.717) is 27.6 Å². The first-order valence-electron chi connectivity index (χ1n) is 10.1. The molecule has 3 heterocycles. The third kappa shape index (κ3) is 5.65. The van der Waals surface area contributed by atoms with Gasteiger partial charge in [0.15, 0.2) is 11.6 Å². The summed E-state index contributed by atoms with van der Waals surface area (Å²) in [5, 5.41) is 19.8. The maximum absolute atomic E-state index is 12.6. The summed E-state index contributed by atoms with van der Waals surface area (Å²) in [4.78, 5) is 9.98. The Labute approximate surface area is 187 Å². The highest BCUT2D eigenvalue weighted by atomic mass is 32.2. The molecule has 1 aliphatic carbocycles. The van der Waals surface area contributed by atoms with E-state index in [1.807, 2.05) is 39.0 Å². The molecule has 0 aromatic carbocycles. The first-order chi connectivity index (χ1) is 14.8. The van der Waals surface area contributed by atoms with Crippen LogP contribution in [0.15, 0.2) is 34.7 Å². The fraction of sp³-hybridized carbons (Fsp3) is 0.381. The number of anilines is 2. The topological polar surface area (TPSA) is 116 Å².